The molecule has 0 saturated carbocycles. The van der Waals surface area contributed by atoms with Crippen molar-refractivity contribution in [2.24, 2.45) is 0 Å². The summed E-state index contributed by atoms with van der Waals surface area (Å²) in [4.78, 5) is 9.04. The van der Waals surface area contributed by atoms with Gasteiger partial charge in [0.25, 0.3) is 0 Å². The summed E-state index contributed by atoms with van der Waals surface area (Å²) in [5.41, 5.74) is 3.21. The van der Waals surface area contributed by atoms with Crippen LogP contribution in [0.3, 0.4) is 0 Å². The van der Waals surface area contributed by atoms with Gasteiger partial charge in [-0.3, -0.25) is 4.98 Å². The van der Waals surface area contributed by atoms with E-state index >= 15 is 0 Å². The van der Waals surface area contributed by atoms with Crippen LogP contribution in [-0.2, 0) is 6.42 Å². The van der Waals surface area contributed by atoms with Gasteiger partial charge in [0, 0.05) is 0 Å². The van der Waals surface area contributed by atoms with Gasteiger partial charge in [0.15, 0.2) is 0 Å². The lowest BCUT2D eigenvalue weighted by molar-refractivity contribution is 0.545. The Kier molecular flexibility index (Phi) is 3.88. The molecule has 3 rings (SSSR count). The molecule has 0 fully saturated rings. The number of halogens is 1. The molecule has 21 heavy (non-hydrogen) atoms. The third-order valence-corrected chi connectivity index (χ3v) is 3.55. The Morgan fingerprint density at radius 3 is 2.52 bits per heavy atom. The van der Waals surface area contributed by atoms with Crippen molar-refractivity contribution in [1.29, 1.82) is 0 Å². The number of rotatable bonds is 4. The second-order valence-corrected chi connectivity index (χ2v) is 4.92. The highest BCUT2D eigenvalue weighted by molar-refractivity contribution is 5.73. The van der Waals surface area contributed by atoms with Crippen molar-refractivity contribution in [1.82, 2.24) is 15.3 Å². The van der Waals surface area contributed by atoms with Crippen molar-refractivity contribution < 1.29 is 4.39 Å². The largest absolute Gasteiger partial charge is 0.311 e. The van der Waals surface area contributed by atoms with E-state index in [1.54, 1.807) is 18.3 Å². The minimum Gasteiger partial charge on any atom is -0.311 e. The molecule has 1 atom stereocenters. The smallest absolute Gasteiger partial charge is 0.126 e. The van der Waals surface area contributed by atoms with E-state index in [0.29, 0.717) is 12.0 Å². The lowest BCUT2D eigenvalue weighted by atomic mass is 10.0. The molecule has 0 radical (unpaired) electrons. The summed E-state index contributed by atoms with van der Waals surface area (Å²) in [6.07, 6.45) is 2.29. The van der Waals surface area contributed by atoms with Crippen LogP contribution in [0.4, 0.5) is 4.39 Å². The number of benzene rings is 2. The van der Waals surface area contributed by atoms with Crippen LogP contribution in [0.25, 0.3) is 11.0 Å². The average molecular weight is 281 g/mol. The van der Waals surface area contributed by atoms with Gasteiger partial charge in [0.1, 0.15) is 5.82 Å². The van der Waals surface area contributed by atoms with Gasteiger partial charge >= 0.3 is 0 Å². The maximum absolute atomic E-state index is 13.8. The highest BCUT2D eigenvalue weighted by Gasteiger charge is 2.14. The maximum atomic E-state index is 13.8. The van der Waals surface area contributed by atoms with E-state index in [1.807, 2.05) is 37.4 Å². The van der Waals surface area contributed by atoms with Crippen molar-refractivity contribution in [3.05, 3.63) is 71.8 Å². The van der Waals surface area contributed by atoms with Crippen LogP contribution in [0.1, 0.15) is 17.3 Å². The first-order valence-corrected chi connectivity index (χ1v) is 6.90. The average Bonchev–Trinajstić information content (AvgIpc) is 2.54. The first-order chi connectivity index (χ1) is 10.3. The SMILES string of the molecule is CNC(Cc1ccccc1F)c1cnc2ccccc2n1. The number of hydrogen-bond acceptors (Lipinski definition) is 3. The molecule has 1 heterocycles. The Labute approximate surface area is 122 Å². The zero-order chi connectivity index (χ0) is 14.7. The van der Waals surface area contributed by atoms with E-state index < -0.39 is 0 Å². The Balaban J connectivity index is 1.93. The van der Waals surface area contributed by atoms with Gasteiger partial charge < -0.3 is 5.32 Å². The fraction of sp³-hybridized carbons (Fsp3) is 0.176. The quantitative estimate of drug-likeness (QED) is 0.797. The van der Waals surface area contributed by atoms with Crippen LogP contribution in [0.5, 0.6) is 0 Å². The summed E-state index contributed by atoms with van der Waals surface area (Å²) >= 11 is 0. The minimum absolute atomic E-state index is 0.0704. The van der Waals surface area contributed by atoms with Crippen LogP contribution < -0.4 is 5.32 Å². The first kappa shape index (κ1) is 13.6. The molecular formula is C17H16FN3. The second kappa shape index (κ2) is 5.97. The number of aromatic nitrogens is 2. The zero-order valence-electron chi connectivity index (χ0n) is 11.8. The molecule has 3 nitrogen and oxygen atoms in total. The Hall–Kier alpha value is -2.33. The number of fused-ring (bicyclic) bond motifs is 1. The molecule has 0 aliphatic carbocycles. The Morgan fingerprint density at radius 1 is 1.05 bits per heavy atom. The van der Waals surface area contributed by atoms with Gasteiger partial charge in [-0.2, -0.15) is 0 Å². The lowest BCUT2D eigenvalue weighted by Gasteiger charge is -2.16. The van der Waals surface area contributed by atoms with E-state index in [9.17, 15) is 4.39 Å². The predicted octanol–water partition coefficient (Wildman–Crippen LogP) is 3.27. The van der Waals surface area contributed by atoms with E-state index in [1.165, 1.54) is 6.07 Å². The number of nitrogens with zero attached hydrogens (tertiary/aromatic N) is 2. The van der Waals surface area contributed by atoms with Crippen LogP contribution in [0.15, 0.2) is 54.7 Å². The van der Waals surface area contributed by atoms with E-state index in [4.69, 9.17) is 0 Å². The second-order valence-electron chi connectivity index (χ2n) is 4.92. The highest BCUT2D eigenvalue weighted by atomic mass is 19.1. The Morgan fingerprint density at radius 2 is 1.76 bits per heavy atom. The number of likely N-dealkylation sites (N-methyl/N-ethyl adjacent to an activating group) is 1. The molecule has 1 N–H and O–H groups in total. The number of para-hydroxylation sites is 2. The van der Waals surface area contributed by atoms with Crippen molar-refractivity contribution in [3.63, 3.8) is 0 Å². The van der Waals surface area contributed by atoms with Gasteiger partial charge in [-0.05, 0) is 37.2 Å². The standard InChI is InChI=1S/C17H16FN3/c1-19-16(10-12-6-2-3-7-13(12)18)17-11-20-14-8-4-5-9-15(14)21-17/h2-9,11,16,19H,10H2,1H3. The summed E-state index contributed by atoms with van der Waals surface area (Å²) < 4.78 is 13.8. The molecule has 0 spiro atoms. The summed E-state index contributed by atoms with van der Waals surface area (Å²) in [6.45, 7) is 0. The molecule has 0 amide bonds. The zero-order valence-corrected chi connectivity index (χ0v) is 11.8. The molecule has 0 aliphatic rings. The van der Waals surface area contributed by atoms with Gasteiger partial charge in [0.2, 0.25) is 0 Å². The molecule has 106 valence electrons. The maximum Gasteiger partial charge on any atom is 0.126 e. The minimum atomic E-state index is -0.188. The fourth-order valence-corrected chi connectivity index (χ4v) is 2.38. The molecule has 1 unspecified atom stereocenters. The van der Waals surface area contributed by atoms with Gasteiger partial charge in [-0.1, -0.05) is 30.3 Å². The molecule has 0 bridgehead atoms. The van der Waals surface area contributed by atoms with Crippen LogP contribution in [0, 0.1) is 5.82 Å². The van der Waals surface area contributed by atoms with Crippen molar-refractivity contribution in [3.8, 4) is 0 Å². The van der Waals surface area contributed by atoms with Crippen LogP contribution in [0.2, 0.25) is 0 Å². The Bertz CT molecular complexity index is 758. The fourth-order valence-electron chi connectivity index (χ4n) is 2.38. The molecule has 2 aromatic carbocycles. The molecule has 1 aromatic heterocycles. The van der Waals surface area contributed by atoms with E-state index in [2.05, 4.69) is 15.3 Å². The van der Waals surface area contributed by atoms with Crippen LogP contribution >= 0.6 is 0 Å². The topological polar surface area (TPSA) is 37.8 Å². The van der Waals surface area contributed by atoms with Gasteiger partial charge in [-0.25, -0.2) is 9.37 Å². The lowest BCUT2D eigenvalue weighted by Crippen LogP contribution is -2.20. The molecule has 0 aliphatic heterocycles. The summed E-state index contributed by atoms with van der Waals surface area (Å²) in [5, 5.41) is 3.19. The van der Waals surface area contributed by atoms with E-state index in [-0.39, 0.29) is 11.9 Å². The predicted molar refractivity (Wildman–Crippen MR) is 81.4 cm³/mol. The summed E-state index contributed by atoms with van der Waals surface area (Å²) in [5.74, 6) is -0.188. The van der Waals surface area contributed by atoms with Gasteiger partial charge in [-0.15, -0.1) is 0 Å². The van der Waals surface area contributed by atoms with E-state index in [0.717, 1.165) is 16.7 Å². The first-order valence-electron chi connectivity index (χ1n) is 6.90. The van der Waals surface area contributed by atoms with Crippen molar-refractivity contribution >= 4 is 11.0 Å². The van der Waals surface area contributed by atoms with Crippen LogP contribution in [-0.4, -0.2) is 17.0 Å². The molecule has 4 heteroatoms. The third-order valence-electron chi connectivity index (χ3n) is 3.55. The summed E-state index contributed by atoms with van der Waals surface area (Å²) in [7, 11) is 1.85. The normalized spacial score (nSPS) is 12.5. The third kappa shape index (κ3) is 2.90. The monoisotopic (exact) mass is 281 g/mol. The van der Waals surface area contributed by atoms with Crippen molar-refractivity contribution in [2.45, 2.75) is 12.5 Å². The molecule has 0 saturated heterocycles. The molecule has 3 aromatic rings. The highest BCUT2D eigenvalue weighted by Crippen LogP contribution is 2.19. The van der Waals surface area contributed by atoms with Gasteiger partial charge in [0.05, 0.1) is 29.0 Å². The van der Waals surface area contributed by atoms with Crippen molar-refractivity contribution in [2.75, 3.05) is 7.05 Å². The summed E-state index contributed by atoms with van der Waals surface area (Å²) in [6, 6.07) is 14.5. The number of hydrogen-bond donors (Lipinski definition) is 1. The number of nitrogens with one attached hydrogen (secondary N) is 1. The molecular weight excluding hydrogens is 265 g/mol.